The fourth-order valence-corrected chi connectivity index (χ4v) is 5.78. The first-order valence-corrected chi connectivity index (χ1v) is 13.4. The van der Waals surface area contributed by atoms with E-state index in [0.29, 0.717) is 11.3 Å². The molecule has 1 aromatic carbocycles. The van der Waals surface area contributed by atoms with Crippen LogP contribution in [0.2, 0.25) is 0 Å². The molecule has 3 aliphatic rings. The summed E-state index contributed by atoms with van der Waals surface area (Å²) < 4.78 is 31.6. The summed E-state index contributed by atoms with van der Waals surface area (Å²) in [6.07, 6.45) is 0.218. The van der Waals surface area contributed by atoms with Crippen LogP contribution in [-0.2, 0) is 26.4 Å². The molecular weight excluding hydrogens is 552 g/mol. The SMILES string of the molecule is CC(C)Nc1cc(N)c(O)c2c1CC1CC3[C@H](N(C)C)C(O)=C(C(N)=O)C(=O)[C@@]3(O)C(O)=C1C2=O.O=S(=O)(O)O. The third-order valence-corrected chi connectivity index (χ3v) is 7.20. The molecule has 4 rings (SSSR count). The number of carbonyl (C=O) groups is 3. The summed E-state index contributed by atoms with van der Waals surface area (Å²) in [5, 5.41) is 47.5. The summed E-state index contributed by atoms with van der Waals surface area (Å²) in [4.78, 5) is 40.4. The van der Waals surface area contributed by atoms with Crippen LogP contribution in [-0.4, -0.2) is 92.1 Å². The topological polar surface area (TPSA) is 274 Å². The molecule has 0 bridgehead atoms. The monoisotopic (exact) mass is 584 g/mol. The quantitative estimate of drug-likeness (QED) is 0.0733. The van der Waals surface area contributed by atoms with E-state index in [1.165, 1.54) is 11.0 Å². The van der Waals surface area contributed by atoms with Gasteiger partial charge in [0, 0.05) is 23.2 Å². The largest absolute Gasteiger partial charge is 0.510 e. The van der Waals surface area contributed by atoms with Crippen LogP contribution in [0, 0.1) is 11.8 Å². The summed E-state index contributed by atoms with van der Waals surface area (Å²) in [6, 6.07) is 0.493. The van der Waals surface area contributed by atoms with Crippen molar-refractivity contribution in [2.75, 3.05) is 25.1 Å². The van der Waals surface area contributed by atoms with Crippen molar-refractivity contribution in [1.29, 1.82) is 0 Å². The Kier molecular flexibility index (Phi) is 7.99. The number of aliphatic hydroxyl groups excluding tert-OH is 2. The van der Waals surface area contributed by atoms with E-state index in [1.54, 1.807) is 14.1 Å². The van der Waals surface area contributed by atoms with Crippen molar-refractivity contribution in [3.8, 4) is 5.75 Å². The number of Topliss-reactive ketones (excluding diaryl/α,β-unsaturated/α-hetero) is 2. The molecule has 0 saturated carbocycles. The van der Waals surface area contributed by atoms with Crippen molar-refractivity contribution < 1.29 is 52.3 Å². The van der Waals surface area contributed by atoms with E-state index in [1.807, 2.05) is 13.8 Å². The molecule has 16 heteroatoms. The Morgan fingerprint density at radius 2 is 1.73 bits per heavy atom. The maximum Gasteiger partial charge on any atom is 0.394 e. The molecule has 0 heterocycles. The molecule has 15 nitrogen and oxygen atoms in total. The molecular formula is C24H32N4O11S. The highest BCUT2D eigenvalue weighted by Crippen LogP contribution is 2.53. The second-order valence-electron chi connectivity index (χ2n) is 10.4. The number of benzene rings is 1. The lowest BCUT2D eigenvalue weighted by molar-refractivity contribution is -0.148. The van der Waals surface area contributed by atoms with Crippen molar-refractivity contribution in [2.45, 2.75) is 44.4 Å². The number of nitrogens with two attached hydrogens (primary N) is 2. The van der Waals surface area contributed by atoms with E-state index in [-0.39, 0.29) is 35.7 Å². The maximum atomic E-state index is 13.6. The summed E-state index contributed by atoms with van der Waals surface area (Å²) in [7, 11) is -1.50. The summed E-state index contributed by atoms with van der Waals surface area (Å²) in [5.41, 5.74) is 8.44. The van der Waals surface area contributed by atoms with E-state index in [9.17, 15) is 34.8 Å². The van der Waals surface area contributed by atoms with Crippen LogP contribution in [0.25, 0.3) is 0 Å². The van der Waals surface area contributed by atoms with Crippen molar-refractivity contribution in [1.82, 2.24) is 4.90 Å². The maximum absolute atomic E-state index is 13.6. The Morgan fingerprint density at radius 1 is 1.18 bits per heavy atom. The number of allylic oxidation sites excluding steroid dienone is 1. The number of aliphatic hydroxyl groups is 3. The van der Waals surface area contributed by atoms with Crippen LogP contribution in [0.3, 0.4) is 0 Å². The number of rotatable bonds is 4. The molecule has 220 valence electrons. The fourth-order valence-electron chi connectivity index (χ4n) is 5.78. The van der Waals surface area contributed by atoms with Crippen molar-refractivity contribution in [2.24, 2.45) is 17.6 Å². The average molecular weight is 585 g/mol. The highest BCUT2D eigenvalue weighted by Gasteiger charge is 2.63. The van der Waals surface area contributed by atoms with Gasteiger partial charge in [-0.3, -0.25) is 28.4 Å². The van der Waals surface area contributed by atoms with Gasteiger partial charge in [0.25, 0.3) is 5.91 Å². The molecule has 0 radical (unpaired) electrons. The number of hydrogen-bond acceptors (Lipinski definition) is 12. The lowest BCUT2D eigenvalue weighted by Gasteiger charge is -2.50. The third-order valence-electron chi connectivity index (χ3n) is 7.20. The van der Waals surface area contributed by atoms with Gasteiger partial charge in [0.1, 0.15) is 22.8 Å². The molecule has 0 aromatic heterocycles. The number of phenolic OH excluding ortho intramolecular Hbond substituents is 1. The van der Waals surface area contributed by atoms with Crippen LogP contribution in [0.15, 0.2) is 28.7 Å². The molecule has 0 saturated heterocycles. The van der Waals surface area contributed by atoms with Crippen molar-refractivity contribution in [3.63, 3.8) is 0 Å². The predicted molar refractivity (Wildman–Crippen MR) is 141 cm³/mol. The van der Waals surface area contributed by atoms with E-state index in [2.05, 4.69) is 5.32 Å². The van der Waals surface area contributed by atoms with Crippen LogP contribution in [0.1, 0.15) is 36.2 Å². The van der Waals surface area contributed by atoms with Gasteiger partial charge >= 0.3 is 10.4 Å². The van der Waals surface area contributed by atoms with Crippen LogP contribution >= 0.6 is 0 Å². The minimum absolute atomic E-state index is 0.0108. The minimum Gasteiger partial charge on any atom is -0.510 e. The van der Waals surface area contributed by atoms with Gasteiger partial charge in [-0.2, -0.15) is 8.42 Å². The fraction of sp³-hybridized carbons (Fsp3) is 0.458. The first-order chi connectivity index (χ1) is 18.2. The molecule has 0 aliphatic heterocycles. The number of aromatic hydroxyl groups is 1. The lowest BCUT2D eigenvalue weighted by atomic mass is 9.58. The molecule has 40 heavy (non-hydrogen) atoms. The second-order valence-corrected chi connectivity index (χ2v) is 11.3. The first-order valence-electron chi connectivity index (χ1n) is 12.0. The summed E-state index contributed by atoms with van der Waals surface area (Å²) in [6.45, 7) is 3.80. The standard InChI is InChI=1S/C24H30N4O7.H2O4S/c1-8(2)27-13-7-12(25)18(29)15-10(13)5-9-6-11-17(28(3)4)20(31)16(23(26)34)22(33)24(11,35)21(32)14(9)19(15)30;1-5(2,3)4/h7-9,11,17,27,29,31-32,35H,5-6,25H2,1-4H3,(H2,26,34);(H2,1,2,3,4)/t9?,11?,17-,24-;/m0./s1. The van der Waals surface area contributed by atoms with E-state index in [0.717, 1.165) is 0 Å². The number of primary amides is 1. The summed E-state index contributed by atoms with van der Waals surface area (Å²) in [5.74, 6) is -6.98. The van der Waals surface area contributed by atoms with Gasteiger partial charge in [0.05, 0.1) is 17.3 Å². The number of amides is 1. The van der Waals surface area contributed by atoms with E-state index < -0.39 is 74.2 Å². The van der Waals surface area contributed by atoms with Crippen LogP contribution in [0.4, 0.5) is 11.4 Å². The zero-order chi connectivity index (χ0) is 30.6. The summed E-state index contributed by atoms with van der Waals surface area (Å²) >= 11 is 0. The molecule has 3 aliphatic carbocycles. The van der Waals surface area contributed by atoms with Crippen molar-refractivity contribution >= 4 is 39.2 Å². The number of nitrogens with one attached hydrogen (secondary N) is 1. The van der Waals surface area contributed by atoms with Gasteiger partial charge in [0.2, 0.25) is 5.78 Å². The molecule has 11 N–H and O–H groups in total. The number of hydrogen-bond donors (Lipinski definition) is 9. The normalized spacial score (nSPS) is 26.2. The highest BCUT2D eigenvalue weighted by molar-refractivity contribution is 7.79. The van der Waals surface area contributed by atoms with Crippen LogP contribution < -0.4 is 16.8 Å². The number of anilines is 2. The Morgan fingerprint density at radius 3 is 2.20 bits per heavy atom. The Labute approximate surface area is 229 Å². The van der Waals surface area contributed by atoms with Gasteiger partial charge in [-0.15, -0.1) is 0 Å². The first kappa shape index (κ1) is 30.8. The van der Waals surface area contributed by atoms with Gasteiger partial charge in [-0.25, -0.2) is 0 Å². The number of nitrogen functional groups attached to an aromatic ring is 1. The van der Waals surface area contributed by atoms with Crippen LogP contribution in [0.5, 0.6) is 5.75 Å². The Bertz CT molecular complexity index is 1460. The van der Waals surface area contributed by atoms with Gasteiger partial charge in [-0.1, -0.05) is 0 Å². The van der Waals surface area contributed by atoms with Gasteiger partial charge in [-0.05, 0) is 58.3 Å². The predicted octanol–water partition coefficient (Wildman–Crippen LogP) is -0.130. The molecule has 2 unspecified atom stereocenters. The third kappa shape index (κ3) is 5.11. The number of likely N-dealkylation sites (N-methyl/N-ethyl adjacent to an activating group) is 1. The number of carbonyl (C=O) groups excluding carboxylic acids is 3. The van der Waals surface area contributed by atoms with Gasteiger partial charge in [0.15, 0.2) is 11.4 Å². The average Bonchev–Trinajstić information content (AvgIpc) is 2.77. The Hall–Kier alpha value is -3.70. The molecule has 0 spiro atoms. The zero-order valence-corrected chi connectivity index (χ0v) is 22.9. The zero-order valence-electron chi connectivity index (χ0n) is 22.0. The van der Waals surface area contributed by atoms with E-state index in [4.69, 9.17) is 29.0 Å². The van der Waals surface area contributed by atoms with Crippen molar-refractivity contribution in [3.05, 3.63) is 39.9 Å². The highest BCUT2D eigenvalue weighted by atomic mass is 32.3. The smallest absolute Gasteiger partial charge is 0.394 e. The number of fused-ring (bicyclic) bond motifs is 3. The second kappa shape index (κ2) is 10.4. The number of phenols is 1. The molecule has 0 fully saturated rings. The molecule has 1 aromatic rings. The van der Waals surface area contributed by atoms with E-state index >= 15 is 0 Å². The lowest BCUT2D eigenvalue weighted by Crippen LogP contribution is -2.63. The minimum atomic E-state index is -4.67. The van der Waals surface area contributed by atoms with Gasteiger partial charge < -0.3 is 37.2 Å². The Balaban J connectivity index is 0.000000810. The number of ketones is 2. The number of nitrogens with zero attached hydrogens (tertiary/aromatic N) is 1. The molecule has 1 amide bonds. The molecule has 4 atom stereocenters.